The van der Waals surface area contributed by atoms with Gasteiger partial charge < -0.3 is 10.1 Å². The highest BCUT2D eigenvalue weighted by atomic mass is 32.2. The van der Waals surface area contributed by atoms with E-state index in [1.807, 2.05) is 13.8 Å². The van der Waals surface area contributed by atoms with Crippen molar-refractivity contribution in [3.63, 3.8) is 0 Å². The topological polar surface area (TPSA) is 55.4 Å². The molecule has 0 radical (unpaired) electrons. The quantitative estimate of drug-likeness (QED) is 0.652. The molecule has 2 atom stereocenters. The first-order valence-electron chi connectivity index (χ1n) is 6.47. The summed E-state index contributed by atoms with van der Waals surface area (Å²) in [5.74, 6) is 0.220. The number of hydrogen-bond acceptors (Lipinski definition) is 4. The van der Waals surface area contributed by atoms with Gasteiger partial charge in [-0.15, -0.1) is 0 Å². The molecule has 0 heterocycles. The van der Waals surface area contributed by atoms with Crippen LogP contribution < -0.4 is 5.32 Å². The highest BCUT2D eigenvalue weighted by Crippen LogP contribution is 2.11. The van der Waals surface area contributed by atoms with E-state index in [-0.39, 0.29) is 17.9 Å². The number of ether oxygens (including phenoxy) is 1. The summed E-state index contributed by atoms with van der Waals surface area (Å²) in [6, 6.07) is 0.134. The van der Waals surface area contributed by atoms with Crippen molar-refractivity contribution in [1.29, 1.82) is 0 Å². The molecule has 0 aromatic carbocycles. The standard InChI is InChI=1S/C12H27NO3S/c1-5-8-12(16-7-3)11(13-6-2)9-10-17(4,14)15/h11-13H,5-10H2,1-4H3. The fourth-order valence-electron chi connectivity index (χ4n) is 1.92. The predicted molar refractivity (Wildman–Crippen MR) is 72.1 cm³/mol. The van der Waals surface area contributed by atoms with Crippen LogP contribution in [-0.4, -0.2) is 45.7 Å². The van der Waals surface area contributed by atoms with Crippen molar-refractivity contribution in [1.82, 2.24) is 5.32 Å². The summed E-state index contributed by atoms with van der Waals surface area (Å²) in [6.07, 6.45) is 4.04. The first-order chi connectivity index (χ1) is 7.94. The van der Waals surface area contributed by atoms with E-state index in [1.54, 1.807) is 0 Å². The molecule has 104 valence electrons. The molecule has 0 saturated heterocycles. The van der Waals surface area contributed by atoms with E-state index in [9.17, 15) is 8.42 Å². The zero-order valence-corrected chi connectivity index (χ0v) is 12.3. The van der Waals surface area contributed by atoms with E-state index in [2.05, 4.69) is 12.2 Å². The van der Waals surface area contributed by atoms with Crippen LogP contribution in [0.5, 0.6) is 0 Å². The first-order valence-corrected chi connectivity index (χ1v) is 8.53. The molecule has 0 spiro atoms. The molecular formula is C12H27NO3S. The van der Waals surface area contributed by atoms with Crippen molar-refractivity contribution in [2.45, 2.75) is 52.2 Å². The second-order valence-electron chi connectivity index (χ2n) is 4.37. The second-order valence-corrected chi connectivity index (χ2v) is 6.62. The Labute approximate surface area is 106 Å². The van der Waals surface area contributed by atoms with Gasteiger partial charge in [-0.25, -0.2) is 8.42 Å². The highest BCUT2D eigenvalue weighted by molar-refractivity contribution is 7.90. The average Bonchev–Trinajstić information content (AvgIpc) is 2.23. The van der Waals surface area contributed by atoms with Crippen LogP contribution in [0.3, 0.4) is 0 Å². The minimum absolute atomic E-state index is 0.117. The number of nitrogens with one attached hydrogen (secondary N) is 1. The van der Waals surface area contributed by atoms with Crippen molar-refractivity contribution < 1.29 is 13.2 Å². The van der Waals surface area contributed by atoms with E-state index in [1.165, 1.54) is 6.26 Å². The summed E-state index contributed by atoms with van der Waals surface area (Å²) in [6.45, 7) is 7.63. The molecule has 4 nitrogen and oxygen atoms in total. The van der Waals surface area contributed by atoms with Crippen LogP contribution in [0.4, 0.5) is 0 Å². The number of hydrogen-bond donors (Lipinski definition) is 1. The van der Waals surface area contributed by atoms with Crippen molar-refractivity contribution in [3.8, 4) is 0 Å². The van der Waals surface area contributed by atoms with Crippen molar-refractivity contribution in [3.05, 3.63) is 0 Å². The molecule has 0 fully saturated rings. The Hall–Kier alpha value is -0.130. The Kier molecular flexibility index (Phi) is 8.82. The lowest BCUT2D eigenvalue weighted by atomic mass is 10.0. The minimum Gasteiger partial charge on any atom is -0.377 e. The van der Waals surface area contributed by atoms with Crippen LogP contribution in [-0.2, 0) is 14.6 Å². The van der Waals surface area contributed by atoms with Gasteiger partial charge in [0.2, 0.25) is 0 Å². The Bertz CT molecular complexity index is 271. The summed E-state index contributed by atoms with van der Waals surface area (Å²) in [5.41, 5.74) is 0. The molecule has 0 aliphatic rings. The van der Waals surface area contributed by atoms with E-state index in [0.29, 0.717) is 13.0 Å². The zero-order valence-electron chi connectivity index (χ0n) is 11.5. The minimum atomic E-state index is -2.90. The van der Waals surface area contributed by atoms with Gasteiger partial charge in [0.15, 0.2) is 0 Å². The summed E-state index contributed by atoms with van der Waals surface area (Å²) in [4.78, 5) is 0. The molecule has 5 heteroatoms. The first kappa shape index (κ1) is 16.9. The molecule has 0 amide bonds. The van der Waals surface area contributed by atoms with Gasteiger partial charge in [-0.1, -0.05) is 20.3 Å². The second kappa shape index (κ2) is 8.89. The SMILES string of the molecule is CCCC(OCC)C(CCS(C)(=O)=O)NCC. The van der Waals surface area contributed by atoms with E-state index < -0.39 is 9.84 Å². The van der Waals surface area contributed by atoms with Crippen LogP contribution in [0.25, 0.3) is 0 Å². The molecule has 0 aromatic heterocycles. The Morgan fingerprint density at radius 3 is 2.24 bits per heavy atom. The third-order valence-corrected chi connectivity index (χ3v) is 3.65. The fraction of sp³-hybridized carbons (Fsp3) is 1.00. The molecule has 0 saturated carbocycles. The lowest BCUT2D eigenvalue weighted by Gasteiger charge is -2.27. The third-order valence-electron chi connectivity index (χ3n) is 2.67. The van der Waals surface area contributed by atoms with Crippen LogP contribution >= 0.6 is 0 Å². The fourth-order valence-corrected chi connectivity index (χ4v) is 2.60. The molecule has 17 heavy (non-hydrogen) atoms. The van der Waals surface area contributed by atoms with E-state index in [0.717, 1.165) is 19.4 Å². The van der Waals surface area contributed by atoms with Crippen LogP contribution in [0, 0.1) is 0 Å². The lowest BCUT2D eigenvalue weighted by molar-refractivity contribution is 0.0278. The van der Waals surface area contributed by atoms with Gasteiger partial charge in [-0.2, -0.15) is 0 Å². The summed E-state index contributed by atoms with van der Waals surface area (Å²) in [5, 5.41) is 3.34. The van der Waals surface area contributed by atoms with Crippen LogP contribution in [0.2, 0.25) is 0 Å². The Morgan fingerprint density at radius 1 is 1.18 bits per heavy atom. The number of rotatable bonds is 10. The molecule has 0 rings (SSSR count). The Morgan fingerprint density at radius 2 is 1.82 bits per heavy atom. The van der Waals surface area contributed by atoms with Gasteiger partial charge in [0.05, 0.1) is 11.9 Å². The van der Waals surface area contributed by atoms with E-state index in [4.69, 9.17) is 4.74 Å². The maximum absolute atomic E-state index is 11.2. The normalized spacial score (nSPS) is 15.8. The van der Waals surface area contributed by atoms with Gasteiger partial charge in [-0.3, -0.25) is 0 Å². The molecule has 0 bridgehead atoms. The van der Waals surface area contributed by atoms with Gasteiger partial charge in [0.25, 0.3) is 0 Å². The summed E-state index contributed by atoms with van der Waals surface area (Å²) < 4.78 is 28.1. The maximum Gasteiger partial charge on any atom is 0.147 e. The van der Waals surface area contributed by atoms with Crippen LogP contribution in [0.15, 0.2) is 0 Å². The lowest BCUT2D eigenvalue weighted by Crippen LogP contribution is -2.42. The van der Waals surface area contributed by atoms with E-state index >= 15 is 0 Å². The van der Waals surface area contributed by atoms with Gasteiger partial charge in [0, 0.05) is 18.9 Å². The monoisotopic (exact) mass is 265 g/mol. The summed E-state index contributed by atoms with van der Waals surface area (Å²) in [7, 11) is -2.90. The third kappa shape index (κ3) is 8.57. The highest BCUT2D eigenvalue weighted by Gasteiger charge is 2.21. The van der Waals surface area contributed by atoms with Gasteiger partial charge in [0.1, 0.15) is 9.84 Å². The molecule has 0 aliphatic heterocycles. The Balaban J connectivity index is 4.43. The largest absolute Gasteiger partial charge is 0.377 e. The molecule has 0 aliphatic carbocycles. The zero-order chi connectivity index (χ0) is 13.3. The van der Waals surface area contributed by atoms with Crippen molar-refractivity contribution >= 4 is 9.84 Å². The number of likely N-dealkylation sites (N-methyl/N-ethyl adjacent to an activating group) is 1. The molecule has 1 N–H and O–H groups in total. The van der Waals surface area contributed by atoms with Gasteiger partial charge in [-0.05, 0) is 26.3 Å². The van der Waals surface area contributed by atoms with Crippen molar-refractivity contribution in [2.24, 2.45) is 0 Å². The number of sulfone groups is 1. The van der Waals surface area contributed by atoms with Crippen molar-refractivity contribution in [2.75, 3.05) is 25.2 Å². The van der Waals surface area contributed by atoms with Gasteiger partial charge >= 0.3 is 0 Å². The van der Waals surface area contributed by atoms with Crippen LogP contribution in [0.1, 0.15) is 40.0 Å². The predicted octanol–water partition coefficient (Wildman–Crippen LogP) is 1.60. The summed E-state index contributed by atoms with van der Waals surface area (Å²) >= 11 is 0. The smallest absolute Gasteiger partial charge is 0.147 e. The maximum atomic E-state index is 11.2. The average molecular weight is 265 g/mol. The molecule has 0 aromatic rings. The molecular weight excluding hydrogens is 238 g/mol. The molecule has 2 unspecified atom stereocenters.